The van der Waals surface area contributed by atoms with Crippen molar-refractivity contribution in [1.82, 2.24) is 4.98 Å². The second-order valence-corrected chi connectivity index (χ2v) is 6.25. The van der Waals surface area contributed by atoms with E-state index >= 15 is 0 Å². The van der Waals surface area contributed by atoms with E-state index in [1.807, 2.05) is 12.1 Å². The van der Waals surface area contributed by atoms with Crippen LogP contribution in [-0.4, -0.2) is 27.9 Å². The van der Waals surface area contributed by atoms with Crippen LogP contribution in [0.5, 0.6) is 0 Å². The number of anilines is 1. The number of esters is 1. The lowest BCUT2D eigenvalue weighted by molar-refractivity contribution is -0.384. The lowest BCUT2D eigenvalue weighted by atomic mass is 10.2. The van der Waals surface area contributed by atoms with Crippen molar-refractivity contribution in [3.63, 3.8) is 0 Å². The topological polar surface area (TPSA) is 111 Å². The Kier molecular flexibility index (Phi) is 5.51. The van der Waals surface area contributed by atoms with Crippen LogP contribution in [-0.2, 0) is 9.53 Å². The van der Waals surface area contributed by atoms with Gasteiger partial charge in [0.2, 0.25) is 0 Å². The van der Waals surface area contributed by atoms with Gasteiger partial charge < -0.3 is 10.1 Å². The van der Waals surface area contributed by atoms with Gasteiger partial charge in [-0.25, -0.2) is 9.78 Å². The van der Waals surface area contributed by atoms with Crippen LogP contribution in [0.2, 0.25) is 5.02 Å². The number of nitro benzene ring substituents is 1. The van der Waals surface area contributed by atoms with Gasteiger partial charge in [-0.3, -0.25) is 14.9 Å². The molecule has 0 spiro atoms. The summed E-state index contributed by atoms with van der Waals surface area (Å²) in [5, 5.41) is 14.1. The number of non-ortho nitro benzene ring substituents is 1. The summed E-state index contributed by atoms with van der Waals surface area (Å²) in [4.78, 5) is 38.9. The number of amides is 1. The Labute approximate surface area is 164 Å². The fraction of sp³-hybridized carbons (Fsp3) is 0.105. The van der Waals surface area contributed by atoms with Gasteiger partial charge in [-0.15, -0.1) is 0 Å². The van der Waals surface area contributed by atoms with Crippen LogP contribution in [0.3, 0.4) is 0 Å². The summed E-state index contributed by atoms with van der Waals surface area (Å²) in [7, 11) is 0. The quantitative estimate of drug-likeness (QED) is 0.394. The predicted molar refractivity (Wildman–Crippen MR) is 103 cm³/mol. The first kappa shape index (κ1) is 19.2. The van der Waals surface area contributed by atoms with E-state index in [-0.39, 0.29) is 22.1 Å². The molecule has 0 saturated carbocycles. The van der Waals surface area contributed by atoms with Gasteiger partial charge in [0.25, 0.3) is 11.6 Å². The number of para-hydroxylation sites is 1. The third kappa shape index (κ3) is 4.24. The van der Waals surface area contributed by atoms with Crippen LogP contribution < -0.4 is 5.32 Å². The first-order valence-corrected chi connectivity index (χ1v) is 8.54. The molecule has 8 nitrogen and oxygen atoms in total. The highest BCUT2D eigenvalue weighted by Crippen LogP contribution is 2.26. The molecule has 1 N–H and O–H groups in total. The SMILES string of the molecule is CC(OC(=O)c1ccc2ccccc2n1)C(=O)Nc1ccc([N+](=O)[O-])cc1Cl. The minimum atomic E-state index is -1.13. The van der Waals surface area contributed by atoms with Crippen LogP contribution in [0.1, 0.15) is 17.4 Å². The Morgan fingerprint density at radius 2 is 1.93 bits per heavy atom. The highest BCUT2D eigenvalue weighted by molar-refractivity contribution is 6.34. The molecule has 0 saturated heterocycles. The Hall–Kier alpha value is -3.52. The number of hydrogen-bond acceptors (Lipinski definition) is 6. The minimum Gasteiger partial charge on any atom is -0.448 e. The van der Waals surface area contributed by atoms with E-state index in [9.17, 15) is 19.7 Å². The summed E-state index contributed by atoms with van der Waals surface area (Å²) in [6.45, 7) is 1.40. The summed E-state index contributed by atoms with van der Waals surface area (Å²) in [6.07, 6.45) is -1.13. The number of fused-ring (bicyclic) bond motifs is 1. The van der Waals surface area contributed by atoms with E-state index < -0.39 is 22.9 Å². The van der Waals surface area contributed by atoms with E-state index in [0.717, 1.165) is 11.5 Å². The van der Waals surface area contributed by atoms with Crippen LogP contribution in [0.4, 0.5) is 11.4 Å². The smallest absolute Gasteiger partial charge is 0.357 e. The van der Waals surface area contributed by atoms with Crippen molar-refractivity contribution in [2.45, 2.75) is 13.0 Å². The lowest BCUT2D eigenvalue weighted by Gasteiger charge is -2.14. The average Bonchev–Trinajstić information content (AvgIpc) is 2.68. The van der Waals surface area contributed by atoms with E-state index in [1.54, 1.807) is 18.2 Å². The third-order valence-electron chi connectivity index (χ3n) is 3.88. The summed E-state index contributed by atoms with van der Waals surface area (Å²) in [6, 6.07) is 14.2. The third-order valence-corrected chi connectivity index (χ3v) is 4.19. The van der Waals surface area contributed by atoms with Crippen LogP contribution in [0.15, 0.2) is 54.6 Å². The summed E-state index contributed by atoms with van der Waals surface area (Å²) in [5.74, 6) is -1.38. The zero-order valence-electron chi connectivity index (χ0n) is 14.6. The summed E-state index contributed by atoms with van der Waals surface area (Å²) < 4.78 is 5.16. The molecule has 1 amide bonds. The van der Waals surface area contributed by atoms with E-state index in [2.05, 4.69) is 10.3 Å². The predicted octanol–water partition coefficient (Wildman–Crippen LogP) is 3.98. The number of nitro groups is 1. The number of rotatable bonds is 5. The number of carbonyl (C=O) groups excluding carboxylic acids is 2. The molecule has 9 heteroatoms. The maximum absolute atomic E-state index is 12.3. The molecule has 28 heavy (non-hydrogen) atoms. The molecule has 0 bridgehead atoms. The Balaban J connectivity index is 1.67. The fourth-order valence-electron chi connectivity index (χ4n) is 2.41. The second-order valence-electron chi connectivity index (χ2n) is 5.85. The molecule has 142 valence electrons. The van der Waals surface area contributed by atoms with E-state index in [4.69, 9.17) is 16.3 Å². The van der Waals surface area contributed by atoms with Crippen molar-refractivity contribution in [3.8, 4) is 0 Å². The molecule has 0 fully saturated rings. The zero-order chi connectivity index (χ0) is 20.3. The van der Waals surface area contributed by atoms with Crippen molar-refractivity contribution >= 4 is 45.8 Å². The number of hydrogen-bond donors (Lipinski definition) is 1. The standard InChI is InChI=1S/C19H14ClN3O5/c1-11(18(24)22-16-9-7-13(23(26)27)10-14(16)20)28-19(25)17-8-6-12-4-2-3-5-15(12)21-17/h2-11H,1H3,(H,22,24). The molecule has 0 aliphatic carbocycles. The number of benzene rings is 2. The summed E-state index contributed by atoms with van der Waals surface area (Å²) >= 11 is 5.94. The molecular weight excluding hydrogens is 386 g/mol. The number of pyridine rings is 1. The van der Waals surface area contributed by atoms with E-state index in [1.165, 1.54) is 25.1 Å². The Morgan fingerprint density at radius 1 is 1.18 bits per heavy atom. The van der Waals surface area contributed by atoms with Gasteiger partial charge in [-0.05, 0) is 25.1 Å². The van der Waals surface area contributed by atoms with Crippen molar-refractivity contribution in [1.29, 1.82) is 0 Å². The highest BCUT2D eigenvalue weighted by Gasteiger charge is 2.21. The molecule has 1 atom stereocenters. The maximum Gasteiger partial charge on any atom is 0.357 e. The lowest BCUT2D eigenvalue weighted by Crippen LogP contribution is -2.30. The van der Waals surface area contributed by atoms with Crippen LogP contribution >= 0.6 is 11.6 Å². The molecule has 1 unspecified atom stereocenters. The molecule has 0 aliphatic heterocycles. The van der Waals surface area contributed by atoms with Gasteiger partial charge in [0.1, 0.15) is 5.69 Å². The summed E-state index contributed by atoms with van der Waals surface area (Å²) in [5.41, 5.74) is 0.673. The van der Waals surface area contributed by atoms with Crippen molar-refractivity contribution < 1.29 is 19.2 Å². The minimum absolute atomic E-state index is 0.00253. The van der Waals surface area contributed by atoms with Gasteiger partial charge in [-0.2, -0.15) is 0 Å². The van der Waals surface area contributed by atoms with E-state index in [0.29, 0.717) is 5.52 Å². The van der Waals surface area contributed by atoms with Gasteiger partial charge in [0, 0.05) is 17.5 Å². The van der Waals surface area contributed by atoms with Crippen molar-refractivity contribution in [2.24, 2.45) is 0 Å². The molecule has 2 aromatic carbocycles. The van der Waals surface area contributed by atoms with Crippen molar-refractivity contribution in [3.05, 3.63) is 75.4 Å². The zero-order valence-corrected chi connectivity index (χ0v) is 15.3. The number of ether oxygens (including phenoxy) is 1. The molecule has 0 radical (unpaired) electrons. The number of aromatic nitrogens is 1. The van der Waals surface area contributed by atoms with Crippen LogP contribution in [0.25, 0.3) is 10.9 Å². The largest absolute Gasteiger partial charge is 0.448 e. The number of nitrogens with zero attached hydrogens (tertiary/aromatic N) is 2. The highest BCUT2D eigenvalue weighted by atomic mass is 35.5. The Morgan fingerprint density at radius 3 is 2.64 bits per heavy atom. The molecule has 1 heterocycles. The maximum atomic E-state index is 12.3. The number of carbonyl (C=O) groups is 2. The molecule has 3 rings (SSSR count). The van der Waals surface area contributed by atoms with Gasteiger partial charge in [0.15, 0.2) is 6.10 Å². The molecule has 3 aromatic rings. The first-order valence-electron chi connectivity index (χ1n) is 8.17. The van der Waals surface area contributed by atoms with Gasteiger partial charge >= 0.3 is 5.97 Å². The van der Waals surface area contributed by atoms with Crippen molar-refractivity contribution in [2.75, 3.05) is 5.32 Å². The Bertz CT molecular complexity index is 1090. The molecule has 0 aliphatic rings. The normalized spacial score (nSPS) is 11.6. The van der Waals surface area contributed by atoms with Gasteiger partial charge in [-0.1, -0.05) is 35.9 Å². The number of halogens is 1. The molecule has 1 aromatic heterocycles. The second kappa shape index (κ2) is 8.01. The first-order chi connectivity index (χ1) is 13.3. The fourth-order valence-corrected chi connectivity index (χ4v) is 2.63. The average molecular weight is 400 g/mol. The monoisotopic (exact) mass is 399 g/mol. The molecular formula is C19H14ClN3O5. The number of nitrogens with one attached hydrogen (secondary N) is 1. The van der Waals surface area contributed by atoms with Gasteiger partial charge in [0.05, 0.1) is 21.2 Å². The van der Waals surface area contributed by atoms with Crippen LogP contribution in [0, 0.1) is 10.1 Å².